The molecule has 1 heterocycles. The average Bonchev–Trinajstić information content (AvgIpc) is 2.52. The van der Waals surface area contributed by atoms with Gasteiger partial charge in [-0.15, -0.1) is 6.58 Å². The Morgan fingerprint density at radius 1 is 1.48 bits per heavy atom. The zero-order valence-corrected chi connectivity index (χ0v) is 13.1. The fraction of sp³-hybridized carbons (Fsp3) is 0.529. The molecule has 1 fully saturated rings. The Kier molecular flexibility index (Phi) is 6.21. The molecule has 0 aliphatic carbocycles. The second-order valence-corrected chi connectivity index (χ2v) is 5.79. The minimum atomic E-state index is -4.34. The van der Waals surface area contributed by atoms with E-state index >= 15 is 0 Å². The van der Waals surface area contributed by atoms with E-state index in [9.17, 15) is 13.2 Å². The minimum Gasteiger partial charge on any atom is -0.376 e. The Bertz CT molecular complexity index is 511. The molecule has 0 saturated carbocycles. The van der Waals surface area contributed by atoms with Gasteiger partial charge in [-0.05, 0) is 24.6 Å². The van der Waals surface area contributed by atoms with Crippen LogP contribution in [0, 0.1) is 5.92 Å². The highest BCUT2D eigenvalue weighted by atomic mass is 19.4. The van der Waals surface area contributed by atoms with Crippen molar-refractivity contribution in [1.29, 1.82) is 0 Å². The number of rotatable bonds is 6. The van der Waals surface area contributed by atoms with Gasteiger partial charge in [0.15, 0.2) is 0 Å². The molecule has 1 aliphatic rings. The fourth-order valence-electron chi connectivity index (χ4n) is 2.46. The largest absolute Gasteiger partial charge is 0.416 e. The summed E-state index contributed by atoms with van der Waals surface area (Å²) in [5.41, 5.74) is -0.161. The zero-order valence-electron chi connectivity index (χ0n) is 13.1. The van der Waals surface area contributed by atoms with Crippen molar-refractivity contribution in [2.24, 2.45) is 5.92 Å². The maximum Gasteiger partial charge on any atom is 0.416 e. The summed E-state index contributed by atoms with van der Waals surface area (Å²) in [7, 11) is 0. The lowest BCUT2D eigenvalue weighted by atomic mass is 10.0. The Hall–Kier alpha value is -1.37. The first-order valence-electron chi connectivity index (χ1n) is 7.61. The summed E-state index contributed by atoms with van der Waals surface area (Å²) in [5.74, 6) is 0.000740. The molecular weight excluding hydrogens is 307 g/mol. The van der Waals surface area contributed by atoms with Crippen molar-refractivity contribution in [2.45, 2.75) is 31.9 Å². The molecule has 0 bridgehead atoms. The number of hydrogen-bond donors (Lipinski definition) is 1. The summed E-state index contributed by atoms with van der Waals surface area (Å²) in [5, 5.41) is 3.33. The van der Waals surface area contributed by atoms with Gasteiger partial charge in [0.1, 0.15) is 0 Å². The van der Waals surface area contributed by atoms with Crippen molar-refractivity contribution >= 4 is 0 Å². The summed E-state index contributed by atoms with van der Waals surface area (Å²) < 4.78 is 49.3. The second-order valence-electron chi connectivity index (χ2n) is 5.79. The van der Waals surface area contributed by atoms with Crippen LogP contribution in [0.15, 0.2) is 36.9 Å². The zero-order chi connectivity index (χ0) is 16.9. The molecule has 2 rings (SSSR count). The van der Waals surface area contributed by atoms with E-state index in [2.05, 4.69) is 11.9 Å². The van der Waals surface area contributed by atoms with Gasteiger partial charge < -0.3 is 14.8 Å². The fourth-order valence-corrected chi connectivity index (χ4v) is 2.46. The molecule has 3 atom stereocenters. The SMILES string of the molecule is C=C[C@@H](COCc1cccc(C(F)(F)F)c1)[C@@H]1CN[C@H](C)CO1. The number of halogens is 3. The third kappa shape index (κ3) is 5.34. The lowest BCUT2D eigenvalue weighted by molar-refractivity contribution is -0.137. The van der Waals surface area contributed by atoms with Crippen molar-refractivity contribution in [1.82, 2.24) is 5.32 Å². The maximum atomic E-state index is 12.7. The van der Waals surface area contributed by atoms with E-state index < -0.39 is 11.7 Å². The summed E-state index contributed by atoms with van der Waals surface area (Å²) in [6.07, 6.45) is -2.59. The van der Waals surface area contributed by atoms with Crippen LogP contribution in [0.5, 0.6) is 0 Å². The molecule has 0 aromatic heterocycles. The number of alkyl halides is 3. The molecule has 3 nitrogen and oxygen atoms in total. The third-order valence-corrected chi connectivity index (χ3v) is 3.84. The van der Waals surface area contributed by atoms with Crippen LogP contribution in [0.1, 0.15) is 18.1 Å². The molecule has 1 aliphatic heterocycles. The predicted octanol–water partition coefficient (Wildman–Crippen LogP) is 3.40. The lowest BCUT2D eigenvalue weighted by Crippen LogP contribution is -2.48. The molecule has 1 N–H and O–H groups in total. The van der Waals surface area contributed by atoms with Crippen molar-refractivity contribution in [3.63, 3.8) is 0 Å². The monoisotopic (exact) mass is 329 g/mol. The van der Waals surface area contributed by atoms with Gasteiger partial charge in [0.2, 0.25) is 0 Å². The highest BCUT2D eigenvalue weighted by molar-refractivity contribution is 5.25. The van der Waals surface area contributed by atoms with Crippen LogP contribution < -0.4 is 5.32 Å². The Balaban J connectivity index is 1.85. The van der Waals surface area contributed by atoms with Crippen LogP contribution in [0.3, 0.4) is 0 Å². The predicted molar refractivity (Wildman–Crippen MR) is 82.0 cm³/mol. The van der Waals surface area contributed by atoms with Gasteiger partial charge >= 0.3 is 6.18 Å². The van der Waals surface area contributed by atoms with Crippen LogP contribution in [0.4, 0.5) is 13.2 Å². The average molecular weight is 329 g/mol. The minimum absolute atomic E-state index is 0.000740. The van der Waals surface area contributed by atoms with E-state index in [0.29, 0.717) is 31.4 Å². The molecule has 1 saturated heterocycles. The lowest BCUT2D eigenvalue weighted by Gasteiger charge is -2.32. The van der Waals surface area contributed by atoms with Gasteiger partial charge in [-0.3, -0.25) is 0 Å². The van der Waals surface area contributed by atoms with E-state index in [1.807, 2.05) is 6.92 Å². The number of morpholine rings is 1. The Morgan fingerprint density at radius 2 is 2.26 bits per heavy atom. The molecule has 23 heavy (non-hydrogen) atoms. The quantitative estimate of drug-likeness (QED) is 0.812. The Labute approximate surface area is 134 Å². The van der Waals surface area contributed by atoms with Crippen molar-refractivity contribution < 1.29 is 22.6 Å². The number of hydrogen-bond acceptors (Lipinski definition) is 3. The number of ether oxygens (including phenoxy) is 2. The van der Waals surface area contributed by atoms with Gasteiger partial charge in [0.05, 0.1) is 31.5 Å². The van der Waals surface area contributed by atoms with Crippen molar-refractivity contribution in [3.8, 4) is 0 Å². The van der Waals surface area contributed by atoms with E-state index in [-0.39, 0.29) is 18.6 Å². The molecule has 0 spiro atoms. The first kappa shape index (κ1) is 18.0. The van der Waals surface area contributed by atoms with Crippen LogP contribution in [-0.4, -0.2) is 31.9 Å². The number of nitrogens with one attached hydrogen (secondary N) is 1. The molecule has 1 aromatic carbocycles. The highest BCUT2D eigenvalue weighted by Crippen LogP contribution is 2.29. The van der Waals surface area contributed by atoms with Gasteiger partial charge in [-0.2, -0.15) is 13.2 Å². The highest BCUT2D eigenvalue weighted by Gasteiger charge is 2.30. The first-order chi connectivity index (χ1) is 10.9. The standard InChI is InChI=1S/C17H22F3NO2/c1-3-14(16-8-21-12(2)9-23-16)11-22-10-13-5-4-6-15(7-13)17(18,19)20/h3-7,12,14,16,21H,1,8-11H2,2H3/t12-,14+,16+/m1/s1. The smallest absolute Gasteiger partial charge is 0.376 e. The third-order valence-electron chi connectivity index (χ3n) is 3.84. The van der Waals surface area contributed by atoms with E-state index in [1.54, 1.807) is 12.1 Å². The number of benzene rings is 1. The van der Waals surface area contributed by atoms with Crippen LogP contribution >= 0.6 is 0 Å². The van der Waals surface area contributed by atoms with Gasteiger partial charge in [-0.25, -0.2) is 0 Å². The topological polar surface area (TPSA) is 30.5 Å². The van der Waals surface area contributed by atoms with E-state index in [0.717, 1.165) is 12.1 Å². The first-order valence-corrected chi connectivity index (χ1v) is 7.61. The molecule has 0 radical (unpaired) electrons. The molecular formula is C17H22F3NO2. The van der Waals surface area contributed by atoms with Crippen LogP contribution in [-0.2, 0) is 22.3 Å². The van der Waals surface area contributed by atoms with Crippen LogP contribution in [0.2, 0.25) is 0 Å². The molecule has 0 amide bonds. The summed E-state index contributed by atoms with van der Waals surface area (Å²) in [6, 6.07) is 5.51. The summed E-state index contributed by atoms with van der Waals surface area (Å²) >= 11 is 0. The second kappa shape index (κ2) is 7.95. The summed E-state index contributed by atoms with van der Waals surface area (Å²) in [6.45, 7) is 7.67. The van der Waals surface area contributed by atoms with Crippen LogP contribution in [0.25, 0.3) is 0 Å². The molecule has 0 unspecified atom stereocenters. The molecule has 128 valence electrons. The van der Waals surface area contributed by atoms with E-state index in [4.69, 9.17) is 9.47 Å². The van der Waals surface area contributed by atoms with Gasteiger partial charge in [0.25, 0.3) is 0 Å². The maximum absolute atomic E-state index is 12.7. The van der Waals surface area contributed by atoms with Crippen molar-refractivity contribution in [3.05, 3.63) is 48.0 Å². The Morgan fingerprint density at radius 3 is 2.87 bits per heavy atom. The molecule has 1 aromatic rings. The normalized spacial score (nSPS) is 23.5. The summed E-state index contributed by atoms with van der Waals surface area (Å²) in [4.78, 5) is 0. The molecule has 6 heteroatoms. The van der Waals surface area contributed by atoms with Gasteiger partial charge in [-0.1, -0.05) is 18.2 Å². The van der Waals surface area contributed by atoms with Gasteiger partial charge in [0, 0.05) is 18.5 Å². The van der Waals surface area contributed by atoms with Crippen molar-refractivity contribution in [2.75, 3.05) is 19.8 Å². The van der Waals surface area contributed by atoms with E-state index in [1.165, 1.54) is 6.07 Å².